The Morgan fingerprint density at radius 1 is 0.763 bits per heavy atom. The van der Waals surface area contributed by atoms with Gasteiger partial charge < -0.3 is 4.74 Å². The number of aromatic nitrogens is 1. The molecule has 0 radical (unpaired) electrons. The predicted octanol–water partition coefficient (Wildman–Crippen LogP) is 8.56. The molecular weight excluding hydrogens is 466 g/mol. The molecule has 0 bridgehead atoms. The highest BCUT2D eigenvalue weighted by Crippen LogP contribution is 2.35. The minimum atomic E-state index is 0.147. The summed E-state index contributed by atoms with van der Waals surface area (Å²) in [5.41, 5.74) is 5.03. The highest BCUT2D eigenvalue weighted by molar-refractivity contribution is 5.96. The first kappa shape index (κ1) is 26.4. The van der Waals surface area contributed by atoms with Gasteiger partial charge in [-0.1, -0.05) is 74.9 Å². The van der Waals surface area contributed by atoms with Crippen LogP contribution < -0.4 is 4.74 Å². The third kappa shape index (κ3) is 7.66. The lowest BCUT2D eigenvalue weighted by atomic mass is 9.78. The van der Waals surface area contributed by atoms with Crippen molar-refractivity contribution >= 4 is 11.5 Å². The van der Waals surface area contributed by atoms with E-state index in [2.05, 4.69) is 53.5 Å². The number of hydrogen-bond acceptors (Lipinski definition) is 3. The average molecular weight is 508 g/mol. The fourth-order valence-corrected chi connectivity index (χ4v) is 6.25. The number of benzene rings is 2. The fourth-order valence-electron chi connectivity index (χ4n) is 6.25. The molecule has 0 spiro atoms. The first-order chi connectivity index (χ1) is 18.7. The molecule has 0 amide bonds. The number of allylic oxidation sites excluding steroid dienone is 1. The summed E-state index contributed by atoms with van der Waals surface area (Å²) >= 11 is 0. The maximum absolute atomic E-state index is 12.4. The summed E-state index contributed by atoms with van der Waals surface area (Å²) in [4.78, 5) is 16.5. The van der Waals surface area contributed by atoms with Crippen molar-refractivity contribution in [2.75, 3.05) is 0 Å². The highest BCUT2D eigenvalue weighted by atomic mass is 16.5. The largest absolute Gasteiger partial charge is 0.457 e. The van der Waals surface area contributed by atoms with Crippen molar-refractivity contribution in [3.8, 4) is 5.75 Å². The molecular formula is C35H41NO2. The number of aryl methyl sites for hydroxylation is 3. The predicted molar refractivity (Wildman–Crippen MR) is 155 cm³/mol. The van der Waals surface area contributed by atoms with Crippen LogP contribution in [0.25, 0.3) is 5.76 Å². The first-order valence-corrected chi connectivity index (χ1v) is 14.7. The Balaban J connectivity index is 1.07. The molecule has 0 saturated heterocycles. The smallest absolute Gasteiger partial charge is 0.159 e. The second-order valence-electron chi connectivity index (χ2n) is 11.3. The monoisotopic (exact) mass is 507 g/mol. The zero-order valence-electron chi connectivity index (χ0n) is 22.6. The van der Waals surface area contributed by atoms with Crippen molar-refractivity contribution in [1.29, 1.82) is 0 Å². The maximum atomic E-state index is 12.4. The van der Waals surface area contributed by atoms with Crippen LogP contribution in [0.3, 0.4) is 0 Å². The van der Waals surface area contributed by atoms with Gasteiger partial charge in [0.1, 0.15) is 11.5 Å². The zero-order chi connectivity index (χ0) is 26.0. The average Bonchev–Trinajstić information content (AvgIpc) is 2.94. The van der Waals surface area contributed by atoms with Crippen molar-refractivity contribution in [2.24, 2.45) is 11.8 Å². The zero-order valence-corrected chi connectivity index (χ0v) is 22.6. The Labute approximate surface area is 228 Å². The van der Waals surface area contributed by atoms with Crippen LogP contribution >= 0.6 is 0 Å². The minimum absolute atomic E-state index is 0.147. The molecule has 5 rings (SSSR count). The molecule has 2 aliphatic carbocycles. The Bertz CT molecular complexity index is 1210. The second kappa shape index (κ2) is 13.6. The lowest BCUT2D eigenvalue weighted by molar-refractivity contribution is -0.114. The van der Waals surface area contributed by atoms with Gasteiger partial charge in [0.15, 0.2) is 5.78 Å². The molecule has 38 heavy (non-hydrogen) atoms. The lowest BCUT2D eigenvalue weighted by Crippen LogP contribution is -2.15. The van der Waals surface area contributed by atoms with Crippen molar-refractivity contribution < 1.29 is 9.53 Å². The van der Waals surface area contributed by atoms with E-state index in [1.807, 2.05) is 24.5 Å². The Morgan fingerprint density at radius 2 is 1.47 bits per heavy atom. The molecule has 198 valence electrons. The normalized spacial score (nSPS) is 21.1. The fraction of sp³-hybridized carbons (Fsp3) is 0.429. The van der Waals surface area contributed by atoms with E-state index in [1.165, 1.54) is 74.5 Å². The molecule has 3 aromatic rings. The minimum Gasteiger partial charge on any atom is -0.457 e. The molecule has 3 nitrogen and oxygen atoms in total. The van der Waals surface area contributed by atoms with Gasteiger partial charge in [0.05, 0.1) is 0 Å². The van der Waals surface area contributed by atoms with E-state index in [1.54, 1.807) is 6.08 Å². The third-order valence-corrected chi connectivity index (χ3v) is 8.44. The van der Waals surface area contributed by atoms with Gasteiger partial charge in [-0.2, -0.15) is 0 Å². The van der Waals surface area contributed by atoms with Crippen LogP contribution in [-0.4, -0.2) is 10.8 Å². The number of fused-ring (bicyclic) bond motifs is 1. The number of hydrogen-bond donors (Lipinski definition) is 0. The van der Waals surface area contributed by atoms with E-state index in [0.29, 0.717) is 12.2 Å². The number of rotatable bonds is 10. The van der Waals surface area contributed by atoms with E-state index in [4.69, 9.17) is 4.74 Å². The molecule has 1 saturated carbocycles. The van der Waals surface area contributed by atoms with Gasteiger partial charge in [-0.25, -0.2) is 0 Å². The highest BCUT2D eigenvalue weighted by Gasteiger charge is 2.21. The van der Waals surface area contributed by atoms with Crippen molar-refractivity contribution in [3.63, 3.8) is 0 Å². The summed E-state index contributed by atoms with van der Waals surface area (Å²) in [5.74, 6) is 3.45. The summed E-state index contributed by atoms with van der Waals surface area (Å²) < 4.78 is 6.33. The van der Waals surface area contributed by atoms with Crippen LogP contribution in [0.4, 0.5) is 0 Å². The Kier molecular flexibility index (Phi) is 9.42. The number of pyridine rings is 1. The SMILES string of the molecule is O=C1/C=C(/Oc2cccc(CCCC3CCC(CCCc4ccncc4)CC3)c2)c2ccccc2CCC1. The molecule has 0 N–H and O–H groups in total. The van der Waals surface area contributed by atoms with Crippen molar-refractivity contribution in [1.82, 2.24) is 4.98 Å². The van der Waals surface area contributed by atoms with E-state index < -0.39 is 0 Å². The van der Waals surface area contributed by atoms with Crippen LogP contribution in [0.5, 0.6) is 5.75 Å². The van der Waals surface area contributed by atoms with Crippen LogP contribution in [0.2, 0.25) is 0 Å². The van der Waals surface area contributed by atoms with Gasteiger partial charge in [-0.15, -0.1) is 0 Å². The summed E-state index contributed by atoms with van der Waals surface area (Å²) in [7, 11) is 0. The number of nitrogens with zero attached hydrogens (tertiary/aromatic N) is 1. The van der Waals surface area contributed by atoms with E-state index in [9.17, 15) is 4.79 Å². The number of ether oxygens (including phenoxy) is 1. The summed E-state index contributed by atoms with van der Waals surface area (Å²) in [6, 6.07) is 21.1. The van der Waals surface area contributed by atoms with Gasteiger partial charge >= 0.3 is 0 Å². The Hall–Kier alpha value is -3.20. The van der Waals surface area contributed by atoms with Gasteiger partial charge in [0, 0.05) is 30.5 Å². The molecule has 2 aromatic carbocycles. The molecule has 2 aliphatic rings. The van der Waals surface area contributed by atoms with Crippen LogP contribution in [-0.2, 0) is 24.1 Å². The number of carbonyl (C=O) groups is 1. The van der Waals surface area contributed by atoms with Crippen LogP contribution in [0.15, 0.2) is 79.1 Å². The van der Waals surface area contributed by atoms with E-state index in [-0.39, 0.29) is 5.78 Å². The summed E-state index contributed by atoms with van der Waals surface area (Å²) in [5, 5.41) is 0. The van der Waals surface area contributed by atoms with Crippen molar-refractivity contribution in [2.45, 2.75) is 83.5 Å². The van der Waals surface area contributed by atoms with E-state index >= 15 is 0 Å². The molecule has 1 fully saturated rings. The van der Waals surface area contributed by atoms with Gasteiger partial charge in [0.2, 0.25) is 0 Å². The Morgan fingerprint density at radius 3 is 2.24 bits per heavy atom. The molecule has 3 heteroatoms. The number of ketones is 1. The quantitative estimate of drug-likeness (QED) is 0.276. The molecule has 1 aromatic heterocycles. The van der Waals surface area contributed by atoms with E-state index in [0.717, 1.165) is 42.4 Å². The molecule has 1 heterocycles. The molecule has 0 unspecified atom stereocenters. The first-order valence-electron chi connectivity index (χ1n) is 14.7. The standard InChI is InChI=1S/C35H41NO2/c37-32-14-6-13-31-12-1-2-16-34(31)35(26-32)38-33-15-5-11-30(25-33)10-4-8-28-19-17-27(18-20-28)7-3-9-29-21-23-36-24-22-29/h1-2,5,11-12,15-16,21-28H,3-4,6-10,13-14,17-20H2/b35-26+. The molecule has 0 aliphatic heterocycles. The van der Waals surface area contributed by atoms with Gasteiger partial charge in [-0.05, 0) is 91.3 Å². The van der Waals surface area contributed by atoms with Crippen LogP contribution in [0, 0.1) is 11.8 Å². The number of carbonyl (C=O) groups excluding carboxylic acids is 1. The van der Waals surface area contributed by atoms with Gasteiger partial charge in [0.25, 0.3) is 0 Å². The van der Waals surface area contributed by atoms with Crippen LogP contribution in [0.1, 0.15) is 86.5 Å². The third-order valence-electron chi connectivity index (χ3n) is 8.44. The van der Waals surface area contributed by atoms with Gasteiger partial charge in [-0.3, -0.25) is 9.78 Å². The van der Waals surface area contributed by atoms with Crippen molar-refractivity contribution in [3.05, 3.63) is 101 Å². The molecule has 0 atom stereocenters. The maximum Gasteiger partial charge on any atom is 0.159 e. The topological polar surface area (TPSA) is 39.2 Å². The lowest BCUT2D eigenvalue weighted by Gasteiger charge is -2.28. The summed E-state index contributed by atoms with van der Waals surface area (Å²) in [6.07, 6.45) is 21.0. The summed E-state index contributed by atoms with van der Waals surface area (Å²) in [6.45, 7) is 0. The second-order valence-corrected chi connectivity index (χ2v) is 11.3.